The molecule has 0 aliphatic carbocycles. The molecule has 4 heterocycles. The number of rotatable bonds is 12. The summed E-state index contributed by atoms with van der Waals surface area (Å²) in [4.78, 5) is 30.7. The van der Waals surface area contributed by atoms with Crippen LogP contribution in [0.15, 0.2) is 61.1 Å². The highest BCUT2D eigenvalue weighted by molar-refractivity contribution is 5.90. The molecule has 2 N–H and O–H groups in total. The van der Waals surface area contributed by atoms with E-state index in [4.69, 9.17) is 19.4 Å². The van der Waals surface area contributed by atoms with Gasteiger partial charge < -0.3 is 29.9 Å². The first-order chi connectivity index (χ1) is 22.3. The fourth-order valence-corrected chi connectivity index (χ4v) is 6.23. The number of carbonyl (C=O) groups is 1. The van der Waals surface area contributed by atoms with Crippen molar-refractivity contribution in [2.75, 3.05) is 50.8 Å². The summed E-state index contributed by atoms with van der Waals surface area (Å²) in [6, 6.07) is 17.0. The molecule has 0 atom stereocenters. The normalized spacial score (nSPS) is 14.9. The summed E-state index contributed by atoms with van der Waals surface area (Å²) in [5.41, 5.74) is 6.93. The number of alkyl carbamates (subject to hydrolysis) is 1. The molecular formula is C36H45N7O3. The summed E-state index contributed by atoms with van der Waals surface area (Å²) in [5, 5.41) is 6.11. The summed E-state index contributed by atoms with van der Waals surface area (Å²) in [6.45, 7) is 12.3. The van der Waals surface area contributed by atoms with Crippen molar-refractivity contribution in [1.29, 1.82) is 0 Å². The Bertz CT molecular complexity index is 1650. The minimum atomic E-state index is -0.512. The average Bonchev–Trinajstić information content (AvgIpc) is 3.72. The molecule has 2 aromatic carbocycles. The lowest BCUT2D eigenvalue weighted by atomic mass is 9.98. The fraction of sp³-hybridized carbons (Fsp3) is 0.444. The lowest BCUT2D eigenvalue weighted by Gasteiger charge is -2.20. The molecule has 2 aliphatic heterocycles. The Morgan fingerprint density at radius 3 is 2.67 bits per heavy atom. The first kappa shape index (κ1) is 31.7. The van der Waals surface area contributed by atoms with E-state index in [0.717, 1.165) is 66.4 Å². The van der Waals surface area contributed by atoms with Crippen molar-refractivity contribution in [3.8, 4) is 16.9 Å². The van der Waals surface area contributed by atoms with Crippen molar-refractivity contribution in [1.82, 2.24) is 30.5 Å². The summed E-state index contributed by atoms with van der Waals surface area (Å²) in [5.74, 6) is 1.74. The van der Waals surface area contributed by atoms with E-state index in [2.05, 4.69) is 67.9 Å². The van der Waals surface area contributed by atoms with Crippen LogP contribution < -0.4 is 20.3 Å². The molecule has 0 bridgehead atoms. The Kier molecular flexibility index (Phi) is 9.94. The van der Waals surface area contributed by atoms with Gasteiger partial charge in [-0.15, -0.1) is 0 Å². The van der Waals surface area contributed by atoms with Gasteiger partial charge in [0.15, 0.2) is 5.82 Å². The number of benzene rings is 2. The van der Waals surface area contributed by atoms with E-state index in [0.29, 0.717) is 19.6 Å². The van der Waals surface area contributed by atoms with Gasteiger partial charge >= 0.3 is 6.09 Å². The van der Waals surface area contributed by atoms with Crippen LogP contribution in [0.4, 0.5) is 16.3 Å². The standard InChI is InChI=1S/C36H45N7O3/c1-36(2,3)46-35(44)38-15-14-37-23-26-21-31-33(39-24-26)34(41-25-40-31)43-19-13-30-29(11-7-12-32(30)43)27-9-6-10-28(22-27)45-20-8-18-42-16-4-5-17-42/h6-7,9-12,21-22,24-25,37H,4-5,8,13-20,23H2,1-3H3,(H,38,44). The van der Waals surface area contributed by atoms with E-state index < -0.39 is 11.7 Å². The van der Waals surface area contributed by atoms with Crippen LogP contribution >= 0.6 is 0 Å². The van der Waals surface area contributed by atoms with Crippen molar-refractivity contribution in [2.24, 2.45) is 0 Å². The highest BCUT2D eigenvalue weighted by Gasteiger charge is 2.26. The molecule has 2 aromatic heterocycles. The number of aromatic nitrogens is 3. The van der Waals surface area contributed by atoms with Gasteiger partial charge in [0.1, 0.15) is 23.2 Å². The molecule has 1 amide bonds. The molecule has 0 spiro atoms. The number of likely N-dealkylation sites (tertiary alicyclic amines) is 1. The largest absolute Gasteiger partial charge is 0.494 e. The third-order valence-corrected chi connectivity index (χ3v) is 8.33. The number of carbonyl (C=O) groups excluding carboxylic acids is 1. The first-order valence-corrected chi connectivity index (χ1v) is 16.5. The number of nitrogens with zero attached hydrogens (tertiary/aromatic N) is 5. The van der Waals surface area contributed by atoms with E-state index in [1.54, 1.807) is 6.33 Å². The number of hydrogen-bond donors (Lipinski definition) is 2. The maximum absolute atomic E-state index is 11.8. The van der Waals surface area contributed by atoms with Gasteiger partial charge in [-0.3, -0.25) is 4.98 Å². The van der Waals surface area contributed by atoms with Gasteiger partial charge in [0.05, 0.1) is 12.1 Å². The minimum absolute atomic E-state index is 0.414. The average molecular weight is 624 g/mol. The SMILES string of the molecule is CC(C)(C)OC(=O)NCCNCc1cnc2c(N3CCc4c(-c5cccc(OCCCN6CCCC6)c5)cccc43)ncnc2c1. The van der Waals surface area contributed by atoms with Gasteiger partial charge in [-0.05, 0) is 106 Å². The van der Waals surface area contributed by atoms with Crippen LogP contribution in [0.3, 0.4) is 0 Å². The maximum atomic E-state index is 11.8. The van der Waals surface area contributed by atoms with Gasteiger partial charge in [0.25, 0.3) is 0 Å². The van der Waals surface area contributed by atoms with Crippen LogP contribution in [0.25, 0.3) is 22.2 Å². The lowest BCUT2D eigenvalue weighted by molar-refractivity contribution is 0.0528. The molecule has 2 aliphatic rings. The lowest BCUT2D eigenvalue weighted by Crippen LogP contribution is -2.36. The van der Waals surface area contributed by atoms with Gasteiger partial charge in [0, 0.05) is 44.6 Å². The molecule has 10 heteroatoms. The molecule has 6 rings (SSSR count). The van der Waals surface area contributed by atoms with Crippen LogP contribution in [0.1, 0.15) is 51.2 Å². The van der Waals surface area contributed by atoms with E-state index in [9.17, 15) is 4.79 Å². The number of anilines is 2. The molecular weight excluding hydrogens is 578 g/mol. The second kappa shape index (κ2) is 14.4. The van der Waals surface area contributed by atoms with Gasteiger partial charge in [-0.2, -0.15) is 0 Å². The molecule has 0 radical (unpaired) electrons. The number of fused-ring (bicyclic) bond motifs is 2. The highest BCUT2D eigenvalue weighted by atomic mass is 16.6. The zero-order chi connectivity index (χ0) is 31.9. The van der Waals surface area contributed by atoms with Crippen LogP contribution in [-0.4, -0.2) is 77.4 Å². The van der Waals surface area contributed by atoms with E-state index in [-0.39, 0.29) is 0 Å². The highest BCUT2D eigenvalue weighted by Crippen LogP contribution is 2.41. The Labute approximate surface area is 271 Å². The van der Waals surface area contributed by atoms with Gasteiger partial charge in [0.2, 0.25) is 0 Å². The first-order valence-electron chi connectivity index (χ1n) is 16.5. The van der Waals surface area contributed by atoms with Crippen LogP contribution in [0.2, 0.25) is 0 Å². The third-order valence-electron chi connectivity index (χ3n) is 8.33. The van der Waals surface area contributed by atoms with Crippen molar-refractivity contribution in [2.45, 2.75) is 58.6 Å². The molecule has 0 saturated carbocycles. The summed E-state index contributed by atoms with van der Waals surface area (Å²) >= 11 is 0. The summed E-state index contributed by atoms with van der Waals surface area (Å²) in [7, 11) is 0. The molecule has 4 aromatic rings. The number of nitrogens with one attached hydrogen (secondary N) is 2. The Morgan fingerprint density at radius 1 is 0.978 bits per heavy atom. The fourth-order valence-electron chi connectivity index (χ4n) is 6.23. The molecule has 46 heavy (non-hydrogen) atoms. The Hall–Kier alpha value is -4.28. The predicted molar refractivity (Wildman–Crippen MR) is 182 cm³/mol. The monoisotopic (exact) mass is 623 g/mol. The number of ether oxygens (including phenoxy) is 2. The molecule has 1 saturated heterocycles. The molecule has 10 nitrogen and oxygen atoms in total. The maximum Gasteiger partial charge on any atom is 0.407 e. The van der Waals surface area contributed by atoms with Crippen LogP contribution in [0.5, 0.6) is 5.75 Å². The summed E-state index contributed by atoms with van der Waals surface area (Å²) < 4.78 is 11.4. The van der Waals surface area contributed by atoms with Crippen LogP contribution in [0, 0.1) is 0 Å². The van der Waals surface area contributed by atoms with Crippen LogP contribution in [-0.2, 0) is 17.7 Å². The minimum Gasteiger partial charge on any atom is -0.494 e. The van der Waals surface area contributed by atoms with Gasteiger partial charge in [-0.25, -0.2) is 14.8 Å². The van der Waals surface area contributed by atoms with Crippen molar-refractivity contribution < 1.29 is 14.3 Å². The smallest absolute Gasteiger partial charge is 0.407 e. The second-order valence-electron chi connectivity index (χ2n) is 13.0. The van der Waals surface area contributed by atoms with Gasteiger partial charge in [-0.1, -0.05) is 24.3 Å². The topological polar surface area (TPSA) is 105 Å². The number of hydrogen-bond acceptors (Lipinski definition) is 9. The zero-order valence-corrected chi connectivity index (χ0v) is 27.2. The van der Waals surface area contributed by atoms with E-state index in [1.807, 2.05) is 33.0 Å². The van der Waals surface area contributed by atoms with Crippen molar-refractivity contribution in [3.05, 3.63) is 72.2 Å². The molecule has 242 valence electrons. The molecule has 0 unspecified atom stereocenters. The molecule has 1 fully saturated rings. The van der Waals surface area contributed by atoms with Crippen molar-refractivity contribution in [3.63, 3.8) is 0 Å². The number of amides is 1. The van der Waals surface area contributed by atoms with Crippen molar-refractivity contribution >= 4 is 28.6 Å². The second-order valence-corrected chi connectivity index (χ2v) is 13.0. The number of pyridine rings is 1. The van der Waals surface area contributed by atoms with E-state index >= 15 is 0 Å². The Balaban J connectivity index is 1.10. The quantitative estimate of drug-likeness (QED) is 0.188. The van der Waals surface area contributed by atoms with E-state index in [1.165, 1.54) is 42.6 Å². The zero-order valence-electron chi connectivity index (χ0n) is 27.2. The Morgan fingerprint density at radius 2 is 1.83 bits per heavy atom. The third kappa shape index (κ3) is 7.92. The predicted octanol–water partition coefficient (Wildman–Crippen LogP) is 5.87. The summed E-state index contributed by atoms with van der Waals surface area (Å²) in [6.07, 6.45) is 7.68.